The van der Waals surface area contributed by atoms with Gasteiger partial charge in [0.15, 0.2) is 0 Å². The predicted molar refractivity (Wildman–Crippen MR) is 98.6 cm³/mol. The molecule has 0 aromatic heterocycles. The van der Waals surface area contributed by atoms with Gasteiger partial charge in [0.05, 0.1) is 5.41 Å². The Morgan fingerprint density at radius 2 is 2.00 bits per heavy atom. The minimum Gasteiger partial charge on any atom is -0.381 e. The monoisotopic (exact) mass is 352 g/mol. The van der Waals surface area contributed by atoms with Crippen molar-refractivity contribution in [3.63, 3.8) is 0 Å². The van der Waals surface area contributed by atoms with Crippen LogP contribution in [0.15, 0.2) is 30.3 Å². The Morgan fingerprint density at radius 1 is 1.25 bits per heavy atom. The van der Waals surface area contributed by atoms with E-state index in [-0.39, 0.29) is 18.3 Å². The zero-order valence-corrected chi connectivity index (χ0v) is 15.1. The van der Waals surface area contributed by atoms with Gasteiger partial charge in [-0.1, -0.05) is 30.3 Å². The van der Waals surface area contributed by atoms with E-state index in [2.05, 4.69) is 22.8 Å². The van der Waals surface area contributed by atoms with Gasteiger partial charge in [-0.25, -0.2) is 0 Å². The van der Waals surface area contributed by atoms with Crippen LogP contribution in [0.2, 0.25) is 0 Å². The number of rotatable bonds is 5. The molecular weight excluding hydrogens is 324 g/mol. The van der Waals surface area contributed by atoms with Crippen LogP contribution < -0.4 is 10.6 Å². The Labute approximate surface area is 151 Å². The van der Waals surface area contributed by atoms with Gasteiger partial charge in [0, 0.05) is 19.8 Å². The van der Waals surface area contributed by atoms with Gasteiger partial charge in [-0.2, -0.15) is 0 Å². The molecule has 5 heteroatoms. The van der Waals surface area contributed by atoms with Crippen molar-refractivity contribution in [2.24, 2.45) is 5.92 Å². The zero-order valence-electron chi connectivity index (χ0n) is 14.3. The van der Waals surface area contributed by atoms with Crippen LogP contribution in [0.25, 0.3) is 0 Å². The molecule has 0 radical (unpaired) electrons. The Hall–Kier alpha value is -1.10. The summed E-state index contributed by atoms with van der Waals surface area (Å²) in [7, 11) is 0. The standard InChI is InChI=1S/C19H28N2O2.ClH/c22-18(21-12-8-16-5-4-11-20-15-16)19(9-13-23-14-10-19)17-6-2-1-3-7-17;/h1-3,6-7,16,20H,4-5,8-15H2,(H,21,22);1H. The topological polar surface area (TPSA) is 50.4 Å². The van der Waals surface area contributed by atoms with Gasteiger partial charge in [-0.15, -0.1) is 12.4 Å². The van der Waals surface area contributed by atoms with Crippen molar-refractivity contribution < 1.29 is 9.53 Å². The van der Waals surface area contributed by atoms with Crippen LogP contribution in [0.1, 0.15) is 37.7 Å². The second-order valence-corrected chi connectivity index (χ2v) is 6.82. The van der Waals surface area contributed by atoms with Crippen LogP contribution in [-0.4, -0.2) is 38.8 Å². The minimum atomic E-state index is -0.412. The molecular formula is C19H29ClN2O2. The van der Waals surface area contributed by atoms with Crippen LogP contribution >= 0.6 is 12.4 Å². The highest BCUT2D eigenvalue weighted by Gasteiger charge is 2.41. The van der Waals surface area contributed by atoms with Crippen LogP contribution in [0, 0.1) is 5.92 Å². The number of carbonyl (C=O) groups excluding carboxylic acids is 1. The van der Waals surface area contributed by atoms with Gasteiger partial charge < -0.3 is 15.4 Å². The van der Waals surface area contributed by atoms with Crippen LogP contribution in [0.3, 0.4) is 0 Å². The number of nitrogens with one attached hydrogen (secondary N) is 2. The highest BCUT2D eigenvalue weighted by molar-refractivity contribution is 5.88. The van der Waals surface area contributed by atoms with Crippen LogP contribution in [-0.2, 0) is 14.9 Å². The number of ether oxygens (including phenoxy) is 1. The number of carbonyl (C=O) groups is 1. The van der Waals surface area contributed by atoms with Gasteiger partial charge in [0.25, 0.3) is 0 Å². The number of piperidine rings is 1. The quantitative estimate of drug-likeness (QED) is 0.856. The van der Waals surface area contributed by atoms with E-state index in [1.54, 1.807) is 0 Å². The van der Waals surface area contributed by atoms with Crippen LogP contribution in [0.5, 0.6) is 0 Å². The molecule has 0 spiro atoms. The van der Waals surface area contributed by atoms with Crippen molar-refractivity contribution >= 4 is 18.3 Å². The van der Waals surface area contributed by atoms with E-state index in [0.717, 1.165) is 44.5 Å². The first-order valence-electron chi connectivity index (χ1n) is 8.93. The maximum Gasteiger partial charge on any atom is 0.230 e. The van der Waals surface area contributed by atoms with E-state index in [4.69, 9.17) is 4.74 Å². The largest absolute Gasteiger partial charge is 0.381 e. The maximum atomic E-state index is 13.0. The summed E-state index contributed by atoms with van der Waals surface area (Å²) < 4.78 is 5.51. The molecule has 1 aromatic rings. The van der Waals surface area contributed by atoms with E-state index in [1.165, 1.54) is 12.8 Å². The third-order valence-electron chi connectivity index (χ3n) is 5.34. The highest BCUT2D eigenvalue weighted by Crippen LogP contribution is 2.35. The summed E-state index contributed by atoms with van der Waals surface area (Å²) in [6.45, 7) is 4.33. The number of hydrogen-bond donors (Lipinski definition) is 2. The molecule has 0 saturated carbocycles. The lowest BCUT2D eigenvalue weighted by Gasteiger charge is -2.36. The summed E-state index contributed by atoms with van der Waals surface area (Å²) in [5.41, 5.74) is 0.713. The van der Waals surface area contributed by atoms with Gasteiger partial charge in [0.1, 0.15) is 0 Å². The molecule has 3 rings (SSSR count). The average Bonchev–Trinajstić information content (AvgIpc) is 2.64. The first-order chi connectivity index (χ1) is 11.3. The predicted octanol–water partition coefficient (Wildman–Crippen LogP) is 2.66. The fourth-order valence-electron chi connectivity index (χ4n) is 3.85. The molecule has 2 aliphatic rings. The minimum absolute atomic E-state index is 0. The van der Waals surface area contributed by atoms with E-state index < -0.39 is 5.41 Å². The second-order valence-electron chi connectivity index (χ2n) is 6.82. The molecule has 1 aromatic carbocycles. The van der Waals surface area contributed by atoms with E-state index >= 15 is 0 Å². The Morgan fingerprint density at radius 3 is 2.67 bits per heavy atom. The second kappa shape index (κ2) is 9.40. The fourth-order valence-corrected chi connectivity index (χ4v) is 3.85. The lowest BCUT2D eigenvalue weighted by atomic mass is 9.73. The molecule has 4 nitrogen and oxygen atoms in total. The summed E-state index contributed by atoms with van der Waals surface area (Å²) in [6, 6.07) is 10.2. The average molecular weight is 353 g/mol. The summed E-state index contributed by atoms with van der Waals surface area (Å²) in [5.74, 6) is 0.877. The summed E-state index contributed by atoms with van der Waals surface area (Å²) in [6.07, 6.45) is 5.15. The number of amides is 1. The van der Waals surface area contributed by atoms with Crippen molar-refractivity contribution in [3.8, 4) is 0 Å². The van der Waals surface area contributed by atoms with Crippen molar-refractivity contribution in [2.45, 2.75) is 37.5 Å². The molecule has 1 amide bonds. The Bertz CT molecular complexity index is 497. The first kappa shape index (κ1) is 19.2. The third-order valence-corrected chi connectivity index (χ3v) is 5.34. The Balaban J connectivity index is 0.00000208. The molecule has 2 aliphatic heterocycles. The van der Waals surface area contributed by atoms with Crippen molar-refractivity contribution in [2.75, 3.05) is 32.8 Å². The molecule has 24 heavy (non-hydrogen) atoms. The molecule has 0 bridgehead atoms. The van der Waals surface area contributed by atoms with Crippen molar-refractivity contribution in [1.82, 2.24) is 10.6 Å². The molecule has 134 valence electrons. The summed E-state index contributed by atoms with van der Waals surface area (Å²) in [5, 5.41) is 6.66. The van der Waals surface area contributed by atoms with E-state index in [0.29, 0.717) is 19.1 Å². The molecule has 1 atom stereocenters. The van der Waals surface area contributed by atoms with Gasteiger partial charge in [0.2, 0.25) is 5.91 Å². The summed E-state index contributed by atoms with van der Waals surface area (Å²) >= 11 is 0. The fraction of sp³-hybridized carbons (Fsp3) is 0.632. The molecule has 2 heterocycles. The van der Waals surface area contributed by atoms with Gasteiger partial charge in [-0.3, -0.25) is 4.79 Å². The van der Waals surface area contributed by atoms with Crippen molar-refractivity contribution in [3.05, 3.63) is 35.9 Å². The maximum absolute atomic E-state index is 13.0. The molecule has 0 aliphatic carbocycles. The molecule has 1 unspecified atom stereocenters. The normalized spacial score (nSPS) is 23.1. The first-order valence-corrected chi connectivity index (χ1v) is 8.93. The van der Waals surface area contributed by atoms with Crippen molar-refractivity contribution in [1.29, 1.82) is 0 Å². The van der Waals surface area contributed by atoms with Gasteiger partial charge >= 0.3 is 0 Å². The molecule has 2 fully saturated rings. The highest BCUT2D eigenvalue weighted by atomic mass is 35.5. The van der Waals surface area contributed by atoms with E-state index in [1.807, 2.05) is 18.2 Å². The molecule has 2 N–H and O–H groups in total. The zero-order chi connectivity index (χ0) is 16.0. The third kappa shape index (κ3) is 4.50. The lowest BCUT2D eigenvalue weighted by molar-refractivity contribution is -0.130. The lowest BCUT2D eigenvalue weighted by Crippen LogP contribution is -2.48. The van der Waals surface area contributed by atoms with E-state index in [9.17, 15) is 4.79 Å². The number of benzene rings is 1. The summed E-state index contributed by atoms with van der Waals surface area (Å²) in [4.78, 5) is 13.0. The SMILES string of the molecule is Cl.O=C(NCCC1CCCNC1)C1(c2ccccc2)CCOCC1. The number of halogens is 1. The molecule has 2 saturated heterocycles. The smallest absolute Gasteiger partial charge is 0.230 e. The Kier molecular flexibility index (Phi) is 7.53. The van der Waals surface area contributed by atoms with Crippen LogP contribution in [0.4, 0.5) is 0 Å². The van der Waals surface area contributed by atoms with Gasteiger partial charge in [-0.05, 0) is 56.7 Å². The number of hydrogen-bond acceptors (Lipinski definition) is 3.